The van der Waals surface area contributed by atoms with Gasteiger partial charge in [-0.15, -0.1) is 0 Å². The van der Waals surface area contributed by atoms with Crippen molar-refractivity contribution in [3.8, 4) is 0 Å². The molecule has 18 heavy (non-hydrogen) atoms. The monoisotopic (exact) mass is 249 g/mol. The fourth-order valence-corrected chi connectivity index (χ4v) is 1.95. The Kier molecular flexibility index (Phi) is 3.94. The Morgan fingerprint density at radius 1 is 1.33 bits per heavy atom. The molecule has 0 amide bonds. The molecule has 0 radical (unpaired) electrons. The second kappa shape index (κ2) is 5.64. The first-order valence-corrected chi connectivity index (χ1v) is 5.83. The quantitative estimate of drug-likeness (QED) is 0.772. The number of rotatable bonds is 4. The van der Waals surface area contributed by atoms with Crippen LogP contribution in [0, 0.1) is 5.92 Å². The van der Waals surface area contributed by atoms with Gasteiger partial charge in [0.2, 0.25) is 0 Å². The van der Waals surface area contributed by atoms with E-state index in [4.69, 9.17) is 9.84 Å². The number of carbonyl (C=O) groups excluding carboxylic acids is 1. The van der Waals surface area contributed by atoms with E-state index in [1.54, 1.807) is 0 Å². The maximum absolute atomic E-state index is 11.7. The van der Waals surface area contributed by atoms with E-state index in [1.807, 2.05) is 30.3 Å². The first-order valence-electron chi connectivity index (χ1n) is 5.83. The molecule has 5 heteroatoms. The predicted molar refractivity (Wildman–Crippen MR) is 63.8 cm³/mol. The van der Waals surface area contributed by atoms with Crippen molar-refractivity contribution in [1.82, 2.24) is 5.32 Å². The highest BCUT2D eigenvalue weighted by molar-refractivity contribution is 5.78. The Morgan fingerprint density at radius 2 is 2.06 bits per heavy atom. The van der Waals surface area contributed by atoms with Crippen molar-refractivity contribution < 1.29 is 19.4 Å². The van der Waals surface area contributed by atoms with Gasteiger partial charge in [-0.2, -0.15) is 0 Å². The molecule has 1 fully saturated rings. The summed E-state index contributed by atoms with van der Waals surface area (Å²) >= 11 is 0. The molecule has 1 aliphatic rings. The van der Waals surface area contributed by atoms with E-state index in [9.17, 15) is 9.59 Å². The Labute approximate surface area is 105 Å². The zero-order valence-corrected chi connectivity index (χ0v) is 9.83. The smallest absolute Gasteiger partial charge is 0.320 e. The van der Waals surface area contributed by atoms with Crippen molar-refractivity contribution in [1.29, 1.82) is 0 Å². The van der Waals surface area contributed by atoms with Crippen LogP contribution in [0.3, 0.4) is 0 Å². The number of esters is 1. The Morgan fingerprint density at radius 3 is 2.67 bits per heavy atom. The summed E-state index contributed by atoms with van der Waals surface area (Å²) in [7, 11) is 0. The lowest BCUT2D eigenvalue weighted by Crippen LogP contribution is -2.29. The topological polar surface area (TPSA) is 75.6 Å². The molecule has 0 saturated carbocycles. The number of hydrogen-bond acceptors (Lipinski definition) is 4. The first-order chi connectivity index (χ1) is 8.66. The molecule has 2 N–H and O–H groups in total. The van der Waals surface area contributed by atoms with Crippen molar-refractivity contribution >= 4 is 11.9 Å². The van der Waals surface area contributed by atoms with Crippen LogP contribution in [0.4, 0.5) is 0 Å². The summed E-state index contributed by atoms with van der Waals surface area (Å²) in [6.45, 7) is 0.596. The normalized spacial score (nSPS) is 22.7. The minimum atomic E-state index is -0.923. The average molecular weight is 249 g/mol. The molecule has 2 rings (SSSR count). The van der Waals surface area contributed by atoms with Crippen molar-refractivity contribution in [3.05, 3.63) is 35.9 Å². The largest absolute Gasteiger partial charge is 0.480 e. The number of aliphatic carboxylic acids is 1. The Hall–Kier alpha value is -1.88. The maximum atomic E-state index is 11.7. The van der Waals surface area contributed by atoms with Crippen LogP contribution in [0.2, 0.25) is 0 Å². The highest BCUT2D eigenvalue weighted by Crippen LogP contribution is 2.16. The van der Waals surface area contributed by atoms with E-state index in [-0.39, 0.29) is 18.5 Å². The summed E-state index contributed by atoms with van der Waals surface area (Å²) in [5, 5.41) is 11.6. The van der Waals surface area contributed by atoms with Gasteiger partial charge < -0.3 is 15.2 Å². The zero-order valence-electron chi connectivity index (χ0n) is 9.83. The fraction of sp³-hybridized carbons (Fsp3) is 0.385. The van der Waals surface area contributed by atoms with Crippen LogP contribution >= 0.6 is 0 Å². The zero-order chi connectivity index (χ0) is 13.0. The molecule has 1 heterocycles. The van der Waals surface area contributed by atoms with Gasteiger partial charge in [0.05, 0.1) is 5.92 Å². The molecule has 1 saturated heterocycles. The van der Waals surface area contributed by atoms with E-state index < -0.39 is 12.0 Å². The Bertz CT molecular complexity index is 432. The van der Waals surface area contributed by atoms with Crippen LogP contribution in [0.1, 0.15) is 12.0 Å². The molecule has 0 spiro atoms. The number of carbonyl (C=O) groups is 2. The SMILES string of the molecule is O=C(OCc1ccccc1)C1CN[C@H](C(=O)O)C1. The minimum absolute atomic E-state index is 0.230. The fourth-order valence-electron chi connectivity index (χ4n) is 1.95. The highest BCUT2D eigenvalue weighted by Gasteiger charge is 2.34. The molecule has 0 aromatic heterocycles. The summed E-state index contributed by atoms with van der Waals surface area (Å²) in [6.07, 6.45) is 0.295. The molecular formula is C13H15NO4. The third kappa shape index (κ3) is 3.07. The van der Waals surface area contributed by atoms with E-state index in [0.717, 1.165) is 5.56 Å². The molecule has 1 aromatic carbocycles. The number of carboxylic acid groups (broad SMARTS) is 1. The molecule has 5 nitrogen and oxygen atoms in total. The van der Waals surface area contributed by atoms with E-state index >= 15 is 0 Å². The highest BCUT2D eigenvalue weighted by atomic mass is 16.5. The summed E-state index contributed by atoms with van der Waals surface area (Å²) in [4.78, 5) is 22.5. The number of hydrogen-bond donors (Lipinski definition) is 2. The van der Waals surface area contributed by atoms with Crippen LogP contribution in [-0.2, 0) is 20.9 Å². The van der Waals surface area contributed by atoms with Crippen LogP contribution in [0.5, 0.6) is 0 Å². The number of carboxylic acids is 1. The lowest BCUT2D eigenvalue weighted by atomic mass is 10.1. The van der Waals surface area contributed by atoms with Gasteiger partial charge in [-0.25, -0.2) is 0 Å². The third-order valence-corrected chi connectivity index (χ3v) is 2.99. The summed E-state index contributed by atoms with van der Waals surface area (Å²) in [5.74, 6) is -1.63. The van der Waals surface area contributed by atoms with E-state index in [0.29, 0.717) is 13.0 Å². The van der Waals surface area contributed by atoms with Gasteiger partial charge >= 0.3 is 11.9 Å². The molecular weight excluding hydrogens is 234 g/mol. The number of benzene rings is 1. The van der Waals surface area contributed by atoms with Crippen LogP contribution < -0.4 is 5.32 Å². The lowest BCUT2D eigenvalue weighted by molar-refractivity contribution is -0.149. The molecule has 0 bridgehead atoms. The number of nitrogens with one attached hydrogen (secondary N) is 1. The minimum Gasteiger partial charge on any atom is -0.480 e. The van der Waals surface area contributed by atoms with E-state index in [2.05, 4.69) is 5.32 Å². The molecule has 2 atom stereocenters. The molecule has 0 aliphatic carbocycles. The van der Waals surface area contributed by atoms with E-state index in [1.165, 1.54) is 0 Å². The van der Waals surface area contributed by atoms with Gasteiger partial charge in [-0.3, -0.25) is 9.59 Å². The van der Waals surface area contributed by atoms with Crippen LogP contribution in [-0.4, -0.2) is 29.6 Å². The van der Waals surface area contributed by atoms with Crippen LogP contribution in [0.25, 0.3) is 0 Å². The third-order valence-electron chi connectivity index (χ3n) is 2.99. The molecule has 1 aromatic rings. The second-order valence-electron chi connectivity index (χ2n) is 4.33. The first kappa shape index (κ1) is 12.6. The van der Waals surface area contributed by atoms with Gasteiger partial charge in [0.1, 0.15) is 12.6 Å². The van der Waals surface area contributed by atoms with Gasteiger partial charge in [0.25, 0.3) is 0 Å². The van der Waals surface area contributed by atoms with Crippen molar-refractivity contribution in [2.75, 3.05) is 6.54 Å². The van der Waals surface area contributed by atoms with Gasteiger partial charge in [0, 0.05) is 6.54 Å². The van der Waals surface area contributed by atoms with Crippen molar-refractivity contribution in [2.45, 2.75) is 19.1 Å². The predicted octanol–water partition coefficient (Wildman–Crippen LogP) is 0.792. The van der Waals surface area contributed by atoms with Crippen molar-refractivity contribution in [3.63, 3.8) is 0 Å². The van der Waals surface area contributed by atoms with Gasteiger partial charge in [0.15, 0.2) is 0 Å². The standard InChI is InChI=1S/C13H15NO4/c15-12(16)11-6-10(7-14-11)13(17)18-8-9-4-2-1-3-5-9/h1-5,10-11,14H,6-8H2,(H,15,16)/t10?,11-/m0/s1. The van der Waals surface area contributed by atoms with Crippen molar-refractivity contribution in [2.24, 2.45) is 5.92 Å². The maximum Gasteiger partial charge on any atom is 0.320 e. The molecule has 1 unspecified atom stereocenters. The van der Waals surface area contributed by atoms with Gasteiger partial charge in [-0.05, 0) is 12.0 Å². The molecule has 96 valence electrons. The Balaban J connectivity index is 1.81. The van der Waals surface area contributed by atoms with Gasteiger partial charge in [-0.1, -0.05) is 30.3 Å². The summed E-state index contributed by atoms with van der Waals surface area (Å²) < 4.78 is 5.17. The lowest BCUT2D eigenvalue weighted by Gasteiger charge is -2.09. The summed E-state index contributed by atoms with van der Waals surface area (Å²) in [5.41, 5.74) is 0.923. The number of ether oxygens (including phenoxy) is 1. The van der Waals surface area contributed by atoms with Crippen LogP contribution in [0.15, 0.2) is 30.3 Å². The average Bonchev–Trinajstić information content (AvgIpc) is 2.87. The summed E-state index contributed by atoms with van der Waals surface area (Å²) in [6, 6.07) is 8.75. The second-order valence-corrected chi connectivity index (χ2v) is 4.33. The molecule has 1 aliphatic heterocycles.